The van der Waals surface area contributed by atoms with Crippen LogP contribution in [0.3, 0.4) is 0 Å². The van der Waals surface area contributed by atoms with Gasteiger partial charge in [0.1, 0.15) is 5.75 Å². The summed E-state index contributed by atoms with van der Waals surface area (Å²) in [5, 5.41) is 0. The van der Waals surface area contributed by atoms with E-state index in [1.54, 1.807) is 19.1 Å². The number of hydrogen-bond donors (Lipinski definition) is 0. The number of aromatic nitrogens is 1. The summed E-state index contributed by atoms with van der Waals surface area (Å²) in [6.07, 6.45) is 0.195. The molecule has 0 aliphatic rings. The Morgan fingerprint density at radius 1 is 1.00 bits per heavy atom. The van der Waals surface area contributed by atoms with Gasteiger partial charge in [0.2, 0.25) is 0 Å². The van der Waals surface area contributed by atoms with Crippen molar-refractivity contribution in [2.24, 2.45) is 4.99 Å². The second-order valence-corrected chi connectivity index (χ2v) is 7.90. The van der Waals surface area contributed by atoms with E-state index in [-0.39, 0.29) is 18.3 Å². The lowest BCUT2D eigenvalue weighted by molar-refractivity contribution is -0.117. The summed E-state index contributed by atoms with van der Waals surface area (Å²) in [6, 6.07) is 12.8. The van der Waals surface area contributed by atoms with Crippen LogP contribution >= 0.6 is 11.3 Å². The Labute approximate surface area is 191 Å². The Morgan fingerprint density at radius 2 is 1.78 bits per heavy atom. The lowest BCUT2D eigenvalue weighted by atomic mass is 10.1. The van der Waals surface area contributed by atoms with Crippen molar-refractivity contribution in [1.29, 1.82) is 0 Å². The van der Waals surface area contributed by atoms with Gasteiger partial charge in [-0.3, -0.25) is 4.79 Å². The van der Waals surface area contributed by atoms with Gasteiger partial charge >= 0.3 is 5.97 Å². The number of carbonyl (C=O) groups is 2. The molecule has 2 aromatic carbocycles. The molecule has 0 unspecified atom stereocenters. The van der Waals surface area contributed by atoms with Crippen LogP contribution in [0.2, 0.25) is 0 Å². The molecule has 3 rings (SSSR count). The summed E-state index contributed by atoms with van der Waals surface area (Å²) in [5.41, 5.74) is 2.24. The summed E-state index contributed by atoms with van der Waals surface area (Å²) >= 11 is 1.37. The number of amides is 1. The molecule has 0 saturated heterocycles. The highest BCUT2D eigenvalue weighted by atomic mass is 32.1. The lowest BCUT2D eigenvalue weighted by Crippen LogP contribution is -2.20. The second-order valence-electron chi connectivity index (χ2n) is 6.90. The highest BCUT2D eigenvalue weighted by Crippen LogP contribution is 2.20. The summed E-state index contributed by atoms with van der Waals surface area (Å²) in [5.74, 6) is 0.168. The van der Waals surface area contributed by atoms with Gasteiger partial charge in [0, 0.05) is 13.2 Å². The fourth-order valence-electron chi connectivity index (χ4n) is 3.21. The monoisotopic (exact) mass is 456 g/mol. The molecule has 0 fully saturated rings. The molecule has 1 amide bonds. The molecule has 0 radical (unpaired) electrons. The smallest absolute Gasteiger partial charge is 0.338 e. The molecule has 8 heteroatoms. The van der Waals surface area contributed by atoms with Crippen LogP contribution in [0.1, 0.15) is 36.7 Å². The van der Waals surface area contributed by atoms with Crippen molar-refractivity contribution in [3.63, 3.8) is 0 Å². The number of esters is 1. The number of hydrogen-bond acceptors (Lipinski definition) is 6. The first-order valence-corrected chi connectivity index (χ1v) is 11.5. The van der Waals surface area contributed by atoms with E-state index in [1.807, 2.05) is 48.7 Å². The van der Waals surface area contributed by atoms with Gasteiger partial charge in [0.05, 0.1) is 42.0 Å². The molecule has 3 aromatic rings. The van der Waals surface area contributed by atoms with Crippen molar-refractivity contribution < 1.29 is 23.8 Å². The van der Waals surface area contributed by atoms with E-state index in [9.17, 15) is 9.59 Å². The van der Waals surface area contributed by atoms with Crippen LogP contribution in [0.15, 0.2) is 47.5 Å². The van der Waals surface area contributed by atoms with Crippen LogP contribution in [-0.4, -0.2) is 42.9 Å². The van der Waals surface area contributed by atoms with E-state index in [0.29, 0.717) is 43.3 Å². The average molecular weight is 457 g/mol. The fourth-order valence-corrected chi connectivity index (χ4v) is 4.32. The third kappa shape index (κ3) is 6.05. The van der Waals surface area contributed by atoms with E-state index in [4.69, 9.17) is 14.2 Å². The Bertz CT molecular complexity index is 1130. The zero-order chi connectivity index (χ0) is 22.9. The zero-order valence-corrected chi connectivity index (χ0v) is 19.4. The zero-order valence-electron chi connectivity index (χ0n) is 18.6. The minimum absolute atomic E-state index is 0.195. The second kappa shape index (κ2) is 11.6. The van der Waals surface area contributed by atoms with Crippen LogP contribution in [0.5, 0.6) is 5.75 Å². The predicted octanol–water partition coefficient (Wildman–Crippen LogP) is 3.98. The molecule has 1 aromatic heterocycles. The third-order valence-electron chi connectivity index (χ3n) is 4.67. The normalized spacial score (nSPS) is 11.7. The van der Waals surface area contributed by atoms with Crippen molar-refractivity contribution >= 4 is 33.4 Å². The molecule has 32 heavy (non-hydrogen) atoms. The minimum atomic E-state index is -0.367. The molecule has 170 valence electrons. The molecule has 0 aliphatic carbocycles. The van der Waals surface area contributed by atoms with E-state index < -0.39 is 0 Å². The molecule has 0 atom stereocenters. The van der Waals surface area contributed by atoms with Crippen molar-refractivity contribution in [3.8, 4) is 5.75 Å². The molecule has 0 aliphatic heterocycles. The maximum atomic E-state index is 12.7. The van der Waals surface area contributed by atoms with Crippen molar-refractivity contribution in [2.75, 3.05) is 26.4 Å². The molecular weight excluding hydrogens is 428 g/mol. The largest absolute Gasteiger partial charge is 0.494 e. The fraction of sp³-hybridized carbons (Fsp3) is 0.375. The van der Waals surface area contributed by atoms with Crippen LogP contribution < -0.4 is 9.54 Å². The molecule has 0 bridgehead atoms. The van der Waals surface area contributed by atoms with Gasteiger partial charge in [-0.2, -0.15) is 4.99 Å². The minimum Gasteiger partial charge on any atom is -0.494 e. The third-order valence-corrected chi connectivity index (χ3v) is 5.71. The van der Waals surface area contributed by atoms with Crippen LogP contribution in [0.4, 0.5) is 0 Å². The van der Waals surface area contributed by atoms with Crippen molar-refractivity contribution in [1.82, 2.24) is 4.57 Å². The SMILES string of the molecule is CCOCCn1c(=NC(=O)Cc2ccc(OCC)cc2)sc2cc(C(=O)OCC)ccc21. The van der Waals surface area contributed by atoms with Gasteiger partial charge in [-0.25, -0.2) is 4.79 Å². The van der Waals surface area contributed by atoms with Gasteiger partial charge in [0.25, 0.3) is 5.91 Å². The summed E-state index contributed by atoms with van der Waals surface area (Å²) < 4.78 is 18.9. The topological polar surface area (TPSA) is 79.1 Å². The molecule has 0 spiro atoms. The first-order chi connectivity index (χ1) is 15.5. The number of rotatable bonds is 10. The van der Waals surface area contributed by atoms with E-state index in [1.165, 1.54) is 11.3 Å². The van der Waals surface area contributed by atoms with Crippen LogP contribution in [-0.2, 0) is 27.2 Å². The maximum Gasteiger partial charge on any atom is 0.338 e. The predicted molar refractivity (Wildman–Crippen MR) is 124 cm³/mol. The number of nitrogens with zero attached hydrogens (tertiary/aromatic N) is 2. The van der Waals surface area contributed by atoms with E-state index >= 15 is 0 Å². The van der Waals surface area contributed by atoms with Crippen molar-refractivity contribution in [2.45, 2.75) is 33.7 Å². The summed E-state index contributed by atoms with van der Waals surface area (Å²) in [6.45, 7) is 8.22. The molecule has 1 heterocycles. The molecule has 0 N–H and O–H groups in total. The van der Waals surface area contributed by atoms with E-state index in [0.717, 1.165) is 21.5 Å². The molecular formula is C24H28N2O5S. The average Bonchev–Trinajstić information content (AvgIpc) is 3.11. The Hall–Kier alpha value is -2.97. The standard InChI is InChI=1S/C24H28N2O5S/c1-4-29-14-13-26-20-12-9-18(23(28)31-6-3)16-21(20)32-24(26)25-22(27)15-17-7-10-19(11-8-17)30-5-2/h7-12,16H,4-6,13-15H2,1-3H3. The Morgan fingerprint density at radius 3 is 2.47 bits per heavy atom. The maximum absolute atomic E-state index is 12.7. The van der Waals surface area contributed by atoms with Crippen LogP contribution in [0, 0.1) is 0 Å². The number of carbonyl (C=O) groups excluding carboxylic acids is 2. The van der Waals surface area contributed by atoms with Gasteiger partial charge < -0.3 is 18.8 Å². The van der Waals surface area contributed by atoms with Crippen LogP contribution in [0.25, 0.3) is 10.2 Å². The molecule has 7 nitrogen and oxygen atoms in total. The quantitative estimate of drug-likeness (QED) is 0.341. The number of thiazole rings is 1. The van der Waals surface area contributed by atoms with Gasteiger partial charge in [0.15, 0.2) is 4.80 Å². The summed E-state index contributed by atoms with van der Waals surface area (Å²) in [4.78, 5) is 29.8. The number of benzene rings is 2. The first kappa shape index (κ1) is 23.7. The lowest BCUT2D eigenvalue weighted by Gasteiger charge is -2.06. The Kier molecular flexibility index (Phi) is 8.58. The van der Waals surface area contributed by atoms with Gasteiger partial charge in [-0.15, -0.1) is 0 Å². The summed E-state index contributed by atoms with van der Waals surface area (Å²) in [7, 11) is 0. The number of ether oxygens (including phenoxy) is 3. The number of fused-ring (bicyclic) bond motifs is 1. The first-order valence-electron chi connectivity index (χ1n) is 10.7. The highest BCUT2D eigenvalue weighted by Gasteiger charge is 2.13. The van der Waals surface area contributed by atoms with Gasteiger partial charge in [-0.1, -0.05) is 23.5 Å². The molecule has 0 saturated carbocycles. The van der Waals surface area contributed by atoms with Gasteiger partial charge in [-0.05, 0) is 56.7 Å². The van der Waals surface area contributed by atoms with E-state index in [2.05, 4.69) is 4.99 Å². The highest BCUT2D eigenvalue weighted by molar-refractivity contribution is 7.16. The Balaban J connectivity index is 1.90. The van der Waals surface area contributed by atoms with Crippen molar-refractivity contribution in [3.05, 3.63) is 58.4 Å².